The molecule has 26 heavy (non-hydrogen) atoms. The van der Waals surface area contributed by atoms with Crippen LogP contribution in [0.1, 0.15) is 69.7 Å². The summed E-state index contributed by atoms with van der Waals surface area (Å²) >= 11 is 1.43. The third kappa shape index (κ3) is 4.93. The SMILES string of the molecule is CC(C)c1nnc(NC(=O)C2CCN(C(=O)NC3CCCCC3)CC2)s1. The van der Waals surface area contributed by atoms with Crippen molar-refractivity contribution in [2.24, 2.45) is 5.92 Å². The van der Waals surface area contributed by atoms with Gasteiger partial charge >= 0.3 is 6.03 Å². The number of rotatable bonds is 4. The van der Waals surface area contributed by atoms with Gasteiger partial charge in [-0.3, -0.25) is 4.79 Å². The predicted octanol–water partition coefficient (Wildman–Crippen LogP) is 3.35. The highest BCUT2D eigenvalue weighted by molar-refractivity contribution is 7.15. The van der Waals surface area contributed by atoms with Crippen LogP contribution in [0.4, 0.5) is 9.93 Å². The maximum Gasteiger partial charge on any atom is 0.317 e. The molecule has 8 heteroatoms. The quantitative estimate of drug-likeness (QED) is 0.840. The van der Waals surface area contributed by atoms with Gasteiger partial charge in [0.2, 0.25) is 11.0 Å². The number of nitrogens with one attached hydrogen (secondary N) is 2. The summed E-state index contributed by atoms with van der Waals surface area (Å²) in [6.45, 7) is 5.37. The van der Waals surface area contributed by atoms with E-state index >= 15 is 0 Å². The summed E-state index contributed by atoms with van der Waals surface area (Å²) < 4.78 is 0. The van der Waals surface area contributed by atoms with Gasteiger partial charge in [-0.1, -0.05) is 44.4 Å². The Hall–Kier alpha value is -1.70. The summed E-state index contributed by atoms with van der Waals surface area (Å²) in [6.07, 6.45) is 7.25. The molecule has 2 aliphatic rings. The van der Waals surface area contributed by atoms with Crippen LogP contribution in [0.3, 0.4) is 0 Å². The number of likely N-dealkylation sites (tertiary alicyclic amines) is 1. The second-order valence-electron chi connectivity index (χ2n) is 7.64. The highest BCUT2D eigenvalue weighted by atomic mass is 32.1. The van der Waals surface area contributed by atoms with Crippen molar-refractivity contribution in [1.29, 1.82) is 0 Å². The van der Waals surface area contributed by atoms with Gasteiger partial charge in [-0.15, -0.1) is 10.2 Å². The summed E-state index contributed by atoms with van der Waals surface area (Å²) in [4.78, 5) is 26.7. The minimum Gasteiger partial charge on any atom is -0.335 e. The minimum atomic E-state index is -0.0693. The van der Waals surface area contributed by atoms with Gasteiger partial charge in [0.25, 0.3) is 0 Å². The first kappa shape index (κ1) is 19.1. The van der Waals surface area contributed by atoms with Gasteiger partial charge in [-0.05, 0) is 25.7 Å². The van der Waals surface area contributed by atoms with Crippen LogP contribution in [0, 0.1) is 5.92 Å². The van der Waals surface area contributed by atoms with Gasteiger partial charge in [0.05, 0.1) is 0 Å². The third-order valence-corrected chi connectivity index (χ3v) is 6.39. The number of hydrogen-bond acceptors (Lipinski definition) is 5. The van der Waals surface area contributed by atoms with Crippen molar-refractivity contribution in [2.75, 3.05) is 18.4 Å². The van der Waals surface area contributed by atoms with Crippen molar-refractivity contribution in [3.63, 3.8) is 0 Å². The first-order chi connectivity index (χ1) is 12.5. The Morgan fingerprint density at radius 3 is 2.38 bits per heavy atom. The number of aromatic nitrogens is 2. The maximum atomic E-state index is 12.4. The lowest BCUT2D eigenvalue weighted by Crippen LogP contribution is -2.49. The van der Waals surface area contributed by atoms with Crippen LogP contribution in [0.5, 0.6) is 0 Å². The van der Waals surface area contributed by atoms with Crippen LogP contribution < -0.4 is 10.6 Å². The summed E-state index contributed by atoms with van der Waals surface area (Å²) in [7, 11) is 0. The van der Waals surface area contributed by atoms with E-state index in [1.165, 1.54) is 30.6 Å². The first-order valence-corrected chi connectivity index (χ1v) is 10.5. The number of anilines is 1. The van der Waals surface area contributed by atoms with Crippen LogP contribution in [0.2, 0.25) is 0 Å². The molecule has 3 amide bonds. The lowest BCUT2D eigenvalue weighted by molar-refractivity contribution is -0.121. The van der Waals surface area contributed by atoms with Crippen LogP contribution >= 0.6 is 11.3 Å². The van der Waals surface area contributed by atoms with Crippen LogP contribution in [0.15, 0.2) is 0 Å². The molecule has 2 fully saturated rings. The molecule has 0 atom stereocenters. The zero-order valence-corrected chi connectivity index (χ0v) is 16.5. The van der Waals surface area contributed by atoms with Gasteiger partial charge in [0.1, 0.15) is 5.01 Å². The monoisotopic (exact) mass is 379 g/mol. The Bertz CT molecular complexity index is 619. The highest BCUT2D eigenvalue weighted by Crippen LogP contribution is 2.25. The van der Waals surface area contributed by atoms with E-state index in [1.54, 1.807) is 0 Å². The van der Waals surface area contributed by atoms with Crippen molar-refractivity contribution in [3.05, 3.63) is 5.01 Å². The Balaban J connectivity index is 1.43. The van der Waals surface area contributed by atoms with Crippen molar-refractivity contribution in [2.45, 2.75) is 70.8 Å². The van der Waals surface area contributed by atoms with Crippen molar-refractivity contribution >= 4 is 28.4 Å². The molecule has 1 aliphatic carbocycles. The number of amides is 3. The zero-order valence-electron chi connectivity index (χ0n) is 15.7. The van der Waals surface area contributed by atoms with Gasteiger partial charge < -0.3 is 15.5 Å². The Morgan fingerprint density at radius 1 is 1.08 bits per heavy atom. The zero-order chi connectivity index (χ0) is 18.5. The van der Waals surface area contributed by atoms with Gasteiger partial charge in [0.15, 0.2) is 0 Å². The molecule has 0 radical (unpaired) electrons. The average molecular weight is 380 g/mol. The number of urea groups is 1. The van der Waals surface area contributed by atoms with Crippen molar-refractivity contribution < 1.29 is 9.59 Å². The first-order valence-electron chi connectivity index (χ1n) is 9.72. The largest absolute Gasteiger partial charge is 0.335 e. The van der Waals surface area contributed by atoms with E-state index < -0.39 is 0 Å². The van der Waals surface area contributed by atoms with E-state index in [9.17, 15) is 9.59 Å². The van der Waals surface area contributed by atoms with E-state index in [1.807, 2.05) is 4.90 Å². The fourth-order valence-electron chi connectivity index (χ4n) is 3.58. The van der Waals surface area contributed by atoms with Gasteiger partial charge in [-0.2, -0.15) is 0 Å². The average Bonchev–Trinajstić information content (AvgIpc) is 3.11. The van der Waals surface area contributed by atoms with E-state index in [-0.39, 0.29) is 17.9 Å². The topological polar surface area (TPSA) is 87.2 Å². The van der Waals surface area contributed by atoms with E-state index in [4.69, 9.17) is 0 Å². The highest BCUT2D eigenvalue weighted by Gasteiger charge is 2.29. The number of hydrogen-bond donors (Lipinski definition) is 2. The molecular weight excluding hydrogens is 350 g/mol. The molecule has 1 aliphatic heterocycles. The molecule has 0 spiro atoms. The molecule has 1 saturated carbocycles. The third-order valence-electron chi connectivity index (χ3n) is 5.25. The Morgan fingerprint density at radius 2 is 1.77 bits per heavy atom. The van der Waals surface area contributed by atoms with E-state index in [0.29, 0.717) is 43.0 Å². The Kier molecular flexibility index (Phi) is 6.45. The smallest absolute Gasteiger partial charge is 0.317 e. The summed E-state index contributed by atoms with van der Waals surface area (Å²) in [6, 6.07) is 0.353. The molecule has 2 heterocycles. The standard InChI is InChI=1S/C18H29N5O2S/c1-12(2)16-21-22-17(26-16)20-15(24)13-8-10-23(11-9-13)18(25)19-14-6-4-3-5-7-14/h12-14H,3-11H2,1-2H3,(H,19,25)(H,20,22,24). The second kappa shape index (κ2) is 8.79. The fourth-order valence-corrected chi connectivity index (χ4v) is 4.33. The Labute approximate surface area is 158 Å². The van der Waals surface area contributed by atoms with Gasteiger partial charge in [-0.25, -0.2) is 4.79 Å². The summed E-state index contributed by atoms with van der Waals surface area (Å²) in [5.74, 6) is 0.230. The summed E-state index contributed by atoms with van der Waals surface area (Å²) in [5.41, 5.74) is 0. The van der Waals surface area contributed by atoms with E-state index in [0.717, 1.165) is 17.8 Å². The minimum absolute atomic E-state index is 0.0104. The number of carbonyl (C=O) groups excluding carboxylic acids is 2. The molecule has 7 nitrogen and oxygen atoms in total. The molecule has 144 valence electrons. The molecule has 3 rings (SSSR count). The molecule has 0 bridgehead atoms. The lowest BCUT2D eigenvalue weighted by atomic mass is 9.95. The van der Waals surface area contributed by atoms with Crippen LogP contribution in [0.25, 0.3) is 0 Å². The molecule has 2 N–H and O–H groups in total. The summed E-state index contributed by atoms with van der Waals surface area (Å²) in [5, 5.41) is 15.7. The molecule has 0 unspecified atom stereocenters. The molecule has 1 saturated heterocycles. The normalized spacial score (nSPS) is 19.6. The van der Waals surface area contributed by atoms with E-state index in [2.05, 4.69) is 34.7 Å². The molecule has 1 aromatic heterocycles. The number of piperidine rings is 1. The van der Waals surface area contributed by atoms with Crippen LogP contribution in [-0.4, -0.2) is 46.2 Å². The number of nitrogens with zero attached hydrogens (tertiary/aromatic N) is 3. The maximum absolute atomic E-state index is 12.4. The number of carbonyl (C=O) groups is 2. The van der Waals surface area contributed by atoms with Gasteiger partial charge in [0, 0.05) is 31.0 Å². The molecular formula is C18H29N5O2S. The lowest BCUT2D eigenvalue weighted by Gasteiger charge is -2.33. The second-order valence-corrected chi connectivity index (χ2v) is 8.64. The predicted molar refractivity (Wildman–Crippen MR) is 102 cm³/mol. The van der Waals surface area contributed by atoms with Crippen molar-refractivity contribution in [3.8, 4) is 0 Å². The molecule has 0 aromatic carbocycles. The molecule has 1 aromatic rings. The fraction of sp³-hybridized carbons (Fsp3) is 0.778. The van der Waals surface area contributed by atoms with Crippen molar-refractivity contribution in [1.82, 2.24) is 20.4 Å². The van der Waals surface area contributed by atoms with Crippen LogP contribution in [-0.2, 0) is 4.79 Å².